The highest BCUT2D eigenvalue weighted by Crippen LogP contribution is 2.08. The van der Waals surface area contributed by atoms with Crippen molar-refractivity contribution < 1.29 is 39.9 Å². The van der Waals surface area contributed by atoms with E-state index in [1.807, 2.05) is 0 Å². The molecule has 16 nitrogen and oxygen atoms in total. The number of nitrogens with one attached hydrogen (secondary N) is 3. The average Bonchev–Trinajstić information content (AvgIpc) is 3.03. The zero-order chi connectivity index (χ0) is 34.5. The lowest BCUT2D eigenvalue weighted by Crippen LogP contribution is -2.37. The van der Waals surface area contributed by atoms with Crippen LogP contribution in [0, 0.1) is 6.92 Å². The second-order valence-electron chi connectivity index (χ2n) is 11.3. The highest BCUT2D eigenvalue weighted by Gasteiger charge is 2.17. The SMILES string of the molecule is CC(=O)N(O)CCCCCNC(=O)CCC(=O)N(O)CCCCCNC(=O)CCC(O)N(O)CCCCCNc1c(C)c(=O)c1=O. The Hall–Kier alpha value is -3.44. The van der Waals surface area contributed by atoms with Crippen molar-refractivity contribution in [2.75, 3.05) is 44.6 Å². The monoisotopic (exact) mass is 656 g/mol. The quantitative estimate of drug-likeness (QED) is 0.0241. The largest absolute Gasteiger partial charge is 0.381 e. The van der Waals surface area contributed by atoms with Crippen molar-refractivity contribution >= 4 is 29.3 Å². The minimum Gasteiger partial charge on any atom is -0.381 e. The van der Waals surface area contributed by atoms with Gasteiger partial charge in [0.05, 0.1) is 5.69 Å². The molecule has 262 valence electrons. The van der Waals surface area contributed by atoms with Gasteiger partial charge in [0.15, 0.2) is 0 Å². The van der Waals surface area contributed by atoms with Crippen LogP contribution in [0.5, 0.6) is 0 Å². The van der Waals surface area contributed by atoms with Crippen LogP contribution in [-0.2, 0) is 19.2 Å². The number of amides is 4. The summed E-state index contributed by atoms with van der Waals surface area (Å²) in [6.07, 6.45) is 4.49. The molecule has 0 fully saturated rings. The number of carbonyl (C=O) groups excluding carboxylic acids is 4. The van der Waals surface area contributed by atoms with Gasteiger partial charge >= 0.3 is 0 Å². The minimum atomic E-state index is -1.18. The second-order valence-corrected chi connectivity index (χ2v) is 11.3. The van der Waals surface area contributed by atoms with E-state index in [0.29, 0.717) is 86.0 Å². The van der Waals surface area contributed by atoms with E-state index in [4.69, 9.17) is 0 Å². The van der Waals surface area contributed by atoms with Crippen molar-refractivity contribution in [2.45, 2.75) is 104 Å². The molecule has 1 aromatic rings. The highest BCUT2D eigenvalue weighted by atomic mass is 16.5. The molecule has 1 atom stereocenters. The molecule has 0 bridgehead atoms. The summed E-state index contributed by atoms with van der Waals surface area (Å²) in [5.41, 5.74) is -0.130. The van der Waals surface area contributed by atoms with Crippen LogP contribution in [0.25, 0.3) is 0 Å². The van der Waals surface area contributed by atoms with E-state index < -0.39 is 28.9 Å². The summed E-state index contributed by atoms with van der Waals surface area (Å²) in [4.78, 5) is 69.5. The van der Waals surface area contributed by atoms with Crippen LogP contribution in [0.1, 0.15) is 96.0 Å². The standard InChI is InChI=1S/C30H52N6O10/c1-22-28(30(43)29(22)42)33-18-8-5-11-21-36(46)27(41)15-13-25(39)32-17-7-4-10-20-35(45)26(40)14-12-24(38)31-16-6-3-9-19-34(44)23(2)37/h27,33,41,44-46H,3-21H2,1-2H3,(H,31,38)(H,32,39). The number of hydrogen-bond donors (Lipinski definition) is 7. The topological polar surface area (TPSA) is 229 Å². The smallest absolute Gasteiger partial charge is 0.249 e. The van der Waals surface area contributed by atoms with Gasteiger partial charge in [0, 0.05) is 71.0 Å². The third-order valence-corrected chi connectivity index (χ3v) is 7.44. The van der Waals surface area contributed by atoms with Crippen molar-refractivity contribution in [3.63, 3.8) is 0 Å². The molecule has 16 heteroatoms. The number of hydrogen-bond acceptors (Lipinski definition) is 12. The molecule has 0 heterocycles. The number of rotatable bonds is 26. The first-order valence-electron chi connectivity index (χ1n) is 16.0. The Labute approximate surface area is 269 Å². The van der Waals surface area contributed by atoms with Gasteiger partial charge in [-0.25, -0.2) is 10.1 Å². The normalized spacial score (nSPS) is 11.8. The van der Waals surface area contributed by atoms with Gasteiger partial charge in [-0.15, -0.1) is 0 Å². The molecular weight excluding hydrogens is 604 g/mol. The maximum absolute atomic E-state index is 12.0. The third-order valence-electron chi connectivity index (χ3n) is 7.44. The van der Waals surface area contributed by atoms with Gasteiger partial charge in [0.2, 0.25) is 34.5 Å². The van der Waals surface area contributed by atoms with E-state index in [9.17, 15) is 49.5 Å². The Bertz CT molecular complexity index is 1160. The zero-order valence-electron chi connectivity index (χ0n) is 27.1. The summed E-state index contributed by atoms with van der Waals surface area (Å²) >= 11 is 0. The van der Waals surface area contributed by atoms with Crippen LogP contribution >= 0.6 is 0 Å². The van der Waals surface area contributed by atoms with Gasteiger partial charge < -0.3 is 26.3 Å². The number of carbonyl (C=O) groups is 4. The maximum atomic E-state index is 12.0. The Morgan fingerprint density at radius 3 is 1.76 bits per heavy atom. The average molecular weight is 657 g/mol. The van der Waals surface area contributed by atoms with Crippen LogP contribution in [0.15, 0.2) is 9.59 Å². The van der Waals surface area contributed by atoms with Crippen molar-refractivity contribution in [3.8, 4) is 0 Å². The summed E-state index contributed by atoms with van der Waals surface area (Å²) in [6, 6.07) is 0. The molecule has 4 amide bonds. The second kappa shape index (κ2) is 23.0. The predicted octanol–water partition coefficient (Wildman–Crippen LogP) is 0.772. The number of aliphatic hydroxyl groups excluding tert-OH is 1. The van der Waals surface area contributed by atoms with E-state index in [-0.39, 0.29) is 57.1 Å². The summed E-state index contributed by atoms with van der Waals surface area (Å²) in [5.74, 6) is -1.56. The van der Waals surface area contributed by atoms with Crippen LogP contribution in [-0.4, -0.2) is 105 Å². The molecule has 0 aromatic heterocycles. The van der Waals surface area contributed by atoms with E-state index >= 15 is 0 Å². The van der Waals surface area contributed by atoms with Gasteiger partial charge in [0.25, 0.3) is 0 Å². The number of unbranched alkanes of at least 4 members (excludes halogenated alkanes) is 6. The highest BCUT2D eigenvalue weighted by molar-refractivity contribution is 5.83. The lowest BCUT2D eigenvalue weighted by molar-refractivity contribution is -0.198. The summed E-state index contributed by atoms with van der Waals surface area (Å²) in [6.45, 7) is 4.74. The fourth-order valence-electron chi connectivity index (χ4n) is 4.46. The van der Waals surface area contributed by atoms with E-state index in [0.717, 1.165) is 17.9 Å². The van der Waals surface area contributed by atoms with E-state index in [2.05, 4.69) is 16.0 Å². The van der Waals surface area contributed by atoms with Crippen LogP contribution in [0.2, 0.25) is 0 Å². The van der Waals surface area contributed by atoms with Crippen LogP contribution < -0.4 is 26.8 Å². The van der Waals surface area contributed by atoms with Gasteiger partial charge in [-0.05, 0) is 64.7 Å². The predicted molar refractivity (Wildman–Crippen MR) is 168 cm³/mol. The number of nitrogens with zero attached hydrogens (tertiary/aromatic N) is 3. The van der Waals surface area contributed by atoms with E-state index in [1.165, 1.54) is 6.92 Å². The zero-order valence-corrected chi connectivity index (χ0v) is 27.1. The molecule has 0 aliphatic carbocycles. The Morgan fingerprint density at radius 1 is 0.674 bits per heavy atom. The van der Waals surface area contributed by atoms with Crippen molar-refractivity contribution in [2.24, 2.45) is 0 Å². The molecule has 0 spiro atoms. The first-order valence-corrected chi connectivity index (χ1v) is 16.0. The molecule has 0 radical (unpaired) electrons. The number of aliphatic hydroxyl groups is 1. The van der Waals surface area contributed by atoms with E-state index in [1.54, 1.807) is 6.92 Å². The summed E-state index contributed by atoms with van der Waals surface area (Å²) in [5, 5.41) is 49.6. The first-order chi connectivity index (χ1) is 21.8. The van der Waals surface area contributed by atoms with Gasteiger partial charge in [-0.3, -0.25) is 39.2 Å². The Morgan fingerprint density at radius 2 is 1.20 bits per heavy atom. The Kier molecular flexibility index (Phi) is 20.3. The molecule has 0 saturated carbocycles. The summed E-state index contributed by atoms with van der Waals surface area (Å²) in [7, 11) is 0. The van der Waals surface area contributed by atoms with Crippen molar-refractivity contribution in [3.05, 3.63) is 26.0 Å². The lowest BCUT2D eigenvalue weighted by atomic mass is 10.1. The number of anilines is 1. The maximum Gasteiger partial charge on any atom is 0.249 e. The van der Waals surface area contributed by atoms with Crippen molar-refractivity contribution in [1.82, 2.24) is 25.8 Å². The van der Waals surface area contributed by atoms with Gasteiger partial charge in [-0.1, -0.05) is 6.42 Å². The minimum absolute atomic E-state index is 0.0272. The molecular formula is C30H52N6O10. The molecule has 1 unspecified atom stereocenters. The van der Waals surface area contributed by atoms with Gasteiger partial charge in [0.1, 0.15) is 6.23 Å². The van der Waals surface area contributed by atoms with Crippen LogP contribution in [0.4, 0.5) is 5.69 Å². The first kappa shape index (κ1) is 40.6. The molecule has 0 aliphatic rings. The third kappa shape index (κ3) is 16.7. The molecule has 0 aliphatic heterocycles. The molecule has 46 heavy (non-hydrogen) atoms. The van der Waals surface area contributed by atoms with Crippen LogP contribution in [0.3, 0.4) is 0 Å². The fraction of sp³-hybridized carbons (Fsp3) is 0.733. The molecule has 0 saturated heterocycles. The Balaban J connectivity index is 1.99. The lowest BCUT2D eigenvalue weighted by Gasteiger charge is -2.21. The van der Waals surface area contributed by atoms with Gasteiger partial charge in [-0.2, -0.15) is 5.06 Å². The van der Waals surface area contributed by atoms with Crippen molar-refractivity contribution in [1.29, 1.82) is 0 Å². The number of hydroxylamine groups is 6. The summed E-state index contributed by atoms with van der Waals surface area (Å²) < 4.78 is 0. The molecule has 7 N–H and O–H groups in total. The fourth-order valence-corrected chi connectivity index (χ4v) is 4.46. The molecule has 1 rings (SSSR count). The molecule has 1 aromatic carbocycles.